The third kappa shape index (κ3) is 5.35. The fourth-order valence-electron chi connectivity index (χ4n) is 3.43. The Morgan fingerprint density at radius 3 is 2.55 bits per heavy atom. The molecule has 0 unspecified atom stereocenters. The van der Waals surface area contributed by atoms with Crippen molar-refractivity contribution in [3.63, 3.8) is 0 Å². The molecule has 0 spiro atoms. The van der Waals surface area contributed by atoms with E-state index in [0.29, 0.717) is 22.3 Å². The number of carbonyl (C=O) groups is 2. The minimum Gasteiger partial charge on any atom is -0.480 e. The summed E-state index contributed by atoms with van der Waals surface area (Å²) in [4.78, 5) is 23.6. The van der Waals surface area contributed by atoms with Crippen LogP contribution in [0.4, 0.5) is 13.6 Å². The smallest absolute Gasteiger partial charge is 0.408 e. The van der Waals surface area contributed by atoms with Crippen LogP contribution in [0.2, 0.25) is 0 Å². The number of alkyl carbamates (subject to hydrolysis) is 1. The van der Waals surface area contributed by atoms with Crippen molar-refractivity contribution in [1.82, 2.24) is 5.32 Å². The second-order valence-electron chi connectivity index (χ2n) is 7.39. The molecule has 8 heteroatoms. The van der Waals surface area contributed by atoms with E-state index in [2.05, 4.69) is 5.32 Å². The maximum atomic E-state index is 14.1. The third-order valence-electron chi connectivity index (χ3n) is 5.03. The first-order chi connectivity index (χ1) is 15.9. The van der Waals surface area contributed by atoms with Crippen LogP contribution in [0.1, 0.15) is 11.3 Å². The number of furan rings is 1. The van der Waals surface area contributed by atoms with Gasteiger partial charge >= 0.3 is 12.1 Å². The van der Waals surface area contributed by atoms with Crippen molar-refractivity contribution in [2.24, 2.45) is 0 Å². The molecule has 1 heterocycles. The molecule has 2 N–H and O–H groups in total. The highest BCUT2D eigenvalue weighted by molar-refractivity contribution is 5.84. The molecule has 0 aliphatic rings. The summed E-state index contributed by atoms with van der Waals surface area (Å²) in [5.41, 5.74) is 1.82. The van der Waals surface area contributed by atoms with Crippen LogP contribution < -0.4 is 5.32 Å². The van der Waals surface area contributed by atoms with Gasteiger partial charge in [-0.3, -0.25) is 0 Å². The fraction of sp³-hybridized carbons (Fsp3) is 0.120. The molecular weight excluding hydrogens is 432 g/mol. The van der Waals surface area contributed by atoms with Crippen molar-refractivity contribution in [2.75, 3.05) is 0 Å². The van der Waals surface area contributed by atoms with E-state index in [-0.39, 0.29) is 18.6 Å². The van der Waals surface area contributed by atoms with Gasteiger partial charge in [-0.2, -0.15) is 0 Å². The van der Waals surface area contributed by atoms with Gasteiger partial charge in [-0.15, -0.1) is 0 Å². The van der Waals surface area contributed by atoms with E-state index < -0.39 is 29.7 Å². The summed E-state index contributed by atoms with van der Waals surface area (Å²) < 4.78 is 38.3. The lowest BCUT2D eigenvalue weighted by molar-refractivity contribution is -0.139. The molecular formula is C25H19F2NO5. The molecule has 0 saturated carbocycles. The molecule has 4 aromatic rings. The Hall–Kier alpha value is -4.20. The lowest BCUT2D eigenvalue weighted by Crippen LogP contribution is -2.42. The molecule has 0 bridgehead atoms. The maximum Gasteiger partial charge on any atom is 0.408 e. The first-order valence-electron chi connectivity index (χ1n) is 10.1. The number of hydrogen-bond acceptors (Lipinski definition) is 4. The van der Waals surface area contributed by atoms with Crippen molar-refractivity contribution in [1.29, 1.82) is 0 Å². The van der Waals surface area contributed by atoms with E-state index in [1.165, 1.54) is 0 Å². The molecule has 0 saturated heterocycles. The molecule has 0 aliphatic heterocycles. The average Bonchev–Trinajstić information content (AvgIpc) is 3.21. The van der Waals surface area contributed by atoms with Crippen molar-refractivity contribution < 1.29 is 32.6 Å². The van der Waals surface area contributed by atoms with Gasteiger partial charge in [-0.25, -0.2) is 18.4 Å². The van der Waals surface area contributed by atoms with E-state index in [4.69, 9.17) is 9.15 Å². The number of carboxylic acids is 1. The summed E-state index contributed by atoms with van der Waals surface area (Å²) in [5, 5.41) is 12.3. The Labute approximate surface area is 187 Å². The SMILES string of the molecule is O=C(N[C@H](Cc1ccccc1)C(=O)O)OCc1cc2cc(-c3cc(F)ccc3F)ccc2o1. The van der Waals surface area contributed by atoms with Crippen LogP contribution in [-0.4, -0.2) is 23.2 Å². The molecule has 168 valence electrons. The molecule has 6 nitrogen and oxygen atoms in total. The number of aliphatic carboxylic acids is 1. The highest BCUT2D eigenvalue weighted by atomic mass is 19.1. The number of amides is 1. The van der Waals surface area contributed by atoms with Gasteiger partial charge in [-0.1, -0.05) is 36.4 Å². The molecule has 0 fully saturated rings. The number of hydrogen-bond donors (Lipinski definition) is 2. The van der Waals surface area contributed by atoms with Gasteiger partial charge < -0.3 is 19.6 Å². The van der Waals surface area contributed by atoms with Gasteiger partial charge in [0, 0.05) is 17.4 Å². The Morgan fingerprint density at radius 1 is 1.00 bits per heavy atom. The van der Waals surface area contributed by atoms with Crippen molar-refractivity contribution in [3.8, 4) is 11.1 Å². The standard InChI is InChI=1S/C25H19F2NO5/c26-18-7-8-21(27)20(13-18)16-6-9-23-17(11-16)12-19(33-23)14-32-25(31)28-22(24(29)30)10-15-4-2-1-3-5-15/h1-9,11-13,22H,10,14H2,(H,28,31)(H,29,30)/t22-/m1/s1. The molecule has 1 aromatic heterocycles. The Morgan fingerprint density at radius 2 is 1.79 bits per heavy atom. The lowest BCUT2D eigenvalue weighted by Gasteiger charge is -2.14. The molecule has 0 radical (unpaired) electrons. The molecule has 33 heavy (non-hydrogen) atoms. The van der Waals surface area contributed by atoms with E-state index >= 15 is 0 Å². The second kappa shape index (κ2) is 9.52. The summed E-state index contributed by atoms with van der Waals surface area (Å²) in [6, 6.07) is 17.4. The zero-order valence-electron chi connectivity index (χ0n) is 17.3. The number of ether oxygens (including phenoxy) is 1. The second-order valence-corrected chi connectivity index (χ2v) is 7.39. The predicted octanol–water partition coefficient (Wildman–Crippen LogP) is 5.30. The van der Waals surface area contributed by atoms with Crippen molar-refractivity contribution in [3.05, 3.63) is 95.8 Å². The lowest BCUT2D eigenvalue weighted by atomic mass is 10.0. The Kier molecular flexibility index (Phi) is 6.35. The first-order valence-corrected chi connectivity index (χ1v) is 10.1. The highest BCUT2D eigenvalue weighted by Gasteiger charge is 2.21. The molecule has 1 amide bonds. The van der Waals surface area contributed by atoms with Gasteiger partial charge in [0.15, 0.2) is 6.61 Å². The predicted molar refractivity (Wildman–Crippen MR) is 116 cm³/mol. The molecule has 1 atom stereocenters. The van der Waals surface area contributed by atoms with Gasteiger partial charge in [-0.05, 0) is 47.5 Å². The van der Waals surface area contributed by atoms with Gasteiger partial charge in [0.05, 0.1) is 0 Å². The summed E-state index contributed by atoms with van der Waals surface area (Å²) in [7, 11) is 0. The zero-order valence-corrected chi connectivity index (χ0v) is 17.3. The molecule has 0 aliphatic carbocycles. The van der Waals surface area contributed by atoms with Crippen LogP contribution >= 0.6 is 0 Å². The Balaban J connectivity index is 1.42. The van der Waals surface area contributed by atoms with Crippen LogP contribution in [-0.2, 0) is 22.6 Å². The van der Waals surface area contributed by atoms with E-state index in [1.54, 1.807) is 48.5 Å². The van der Waals surface area contributed by atoms with E-state index in [0.717, 1.165) is 23.8 Å². The number of halogens is 2. The van der Waals surface area contributed by atoms with Crippen molar-refractivity contribution >= 4 is 23.0 Å². The number of fused-ring (bicyclic) bond motifs is 1. The maximum absolute atomic E-state index is 14.1. The van der Waals surface area contributed by atoms with Crippen LogP contribution in [0.15, 0.2) is 77.2 Å². The van der Waals surface area contributed by atoms with E-state index in [9.17, 15) is 23.5 Å². The van der Waals surface area contributed by atoms with Crippen LogP contribution in [0.5, 0.6) is 0 Å². The highest BCUT2D eigenvalue weighted by Crippen LogP contribution is 2.29. The van der Waals surface area contributed by atoms with Gasteiger partial charge in [0.2, 0.25) is 0 Å². The van der Waals surface area contributed by atoms with Crippen molar-refractivity contribution in [2.45, 2.75) is 19.1 Å². The topological polar surface area (TPSA) is 88.8 Å². The summed E-state index contributed by atoms with van der Waals surface area (Å²) in [5.74, 6) is -1.97. The monoisotopic (exact) mass is 451 g/mol. The van der Waals surface area contributed by atoms with E-state index in [1.807, 2.05) is 6.07 Å². The number of nitrogens with one attached hydrogen (secondary N) is 1. The largest absolute Gasteiger partial charge is 0.480 e. The van der Waals surface area contributed by atoms with Crippen LogP contribution in [0.3, 0.4) is 0 Å². The third-order valence-corrected chi connectivity index (χ3v) is 5.03. The first kappa shape index (κ1) is 22.0. The number of benzene rings is 3. The summed E-state index contributed by atoms with van der Waals surface area (Å²) in [6.45, 7) is -0.234. The minimum atomic E-state index is -1.18. The normalized spacial score (nSPS) is 11.8. The van der Waals surface area contributed by atoms with Crippen LogP contribution in [0, 0.1) is 11.6 Å². The summed E-state index contributed by atoms with van der Waals surface area (Å²) in [6.07, 6.45) is -0.795. The quantitative estimate of drug-likeness (QED) is 0.398. The fourth-order valence-corrected chi connectivity index (χ4v) is 3.43. The van der Waals surface area contributed by atoms with Gasteiger partial charge in [0.25, 0.3) is 0 Å². The van der Waals surface area contributed by atoms with Crippen LogP contribution in [0.25, 0.3) is 22.1 Å². The minimum absolute atomic E-state index is 0.106. The summed E-state index contributed by atoms with van der Waals surface area (Å²) >= 11 is 0. The number of carboxylic acid groups (broad SMARTS) is 1. The van der Waals surface area contributed by atoms with Gasteiger partial charge in [0.1, 0.15) is 29.0 Å². The zero-order chi connectivity index (χ0) is 23.4. The molecule has 3 aromatic carbocycles. The average molecular weight is 451 g/mol. The Bertz CT molecular complexity index is 1300. The number of rotatable bonds is 7. The molecule has 4 rings (SSSR count). The number of carbonyl (C=O) groups excluding carboxylic acids is 1.